The fourth-order valence-corrected chi connectivity index (χ4v) is 4.84. The molecule has 4 rings (SSSR count). The van der Waals surface area contributed by atoms with Crippen molar-refractivity contribution in [3.8, 4) is 0 Å². The lowest BCUT2D eigenvalue weighted by molar-refractivity contribution is -0.385. The number of non-ortho nitro benzene ring substituents is 1. The zero-order chi connectivity index (χ0) is 24.3. The molecule has 0 saturated heterocycles. The number of nitrogens with zero attached hydrogens (tertiary/aromatic N) is 2. The zero-order valence-electron chi connectivity index (χ0n) is 17.9. The smallest absolute Gasteiger partial charge is 0.270 e. The van der Waals surface area contributed by atoms with Gasteiger partial charge in [0.25, 0.3) is 15.7 Å². The highest BCUT2D eigenvalue weighted by Gasteiger charge is 2.22. The topological polar surface area (TPSA) is 129 Å². The summed E-state index contributed by atoms with van der Waals surface area (Å²) >= 11 is 5.85. The van der Waals surface area contributed by atoms with Gasteiger partial charge in [-0.3, -0.25) is 20.3 Å². The molecule has 34 heavy (non-hydrogen) atoms. The molecule has 11 heteroatoms. The number of fused-ring (bicyclic) bond motifs is 1. The van der Waals surface area contributed by atoms with Crippen LogP contribution in [-0.4, -0.2) is 24.5 Å². The fourth-order valence-electron chi connectivity index (χ4n) is 3.48. The van der Waals surface area contributed by atoms with Gasteiger partial charge < -0.3 is 4.98 Å². The first-order valence-electron chi connectivity index (χ1n) is 10.2. The summed E-state index contributed by atoms with van der Waals surface area (Å²) in [6.45, 7) is 2.07. The van der Waals surface area contributed by atoms with Crippen molar-refractivity contribution in [3.63, 3.8) is 0 Å². The molecule has 0 unspecified atom stereocenters. The van der Waals surface area contributed by atoms with Crippen LogP contribution in [0.15, 0.2) is 76.9 Å². The van der Waals surface area contributed by atoms with Crippen molar-refractivity contribution in [2.45, 2.75) is 18.2 Å². The molecule has 0 saturated carbocycles. The number of aromatic amines is 1. The molecule has 0 amide bonds. The predicted octanol–water partition coefficient (Wildman–Crippen LogP) is 5.54. The number of H-pyrrole nitrogens is 1. The minimum Gasteiger partial charge on any atom is -0.360 e. The monoisotopic (exact) mass is 497 g/mol. The van der Waals surface area contributed by atoms with Crippen molar-refractivity contribution < 1.29 is 13.3 Å². The number of nitro benzene ring substituents is 1. The van der Waals surface area contributed by atoms with Gasteiger partial charge in [0, 0.05) is 45.5 Å². The first-order chi connectivity index (χ1) is 16.3. The van der Waals surface area contributed by atoms with Crippen LogP contribution in [0.1, 0.15) is 18.1 Å². The maximum atomic E-state index is 13.1. The number of nitrogens with one attached hydrogen (secondary N) is 3. The Labute approximate surface area is 200 Å². The Morgan fingerprint density at radius 3 is 2.62 bits per heavy atom. The summed E-state index contributed by atoms with van der Waals surface area (Å²) in [5.74, 6) is 0. The van der Waals surface area contributed by atoms with E-state index in [-0.39, 0.29) is 22.0 Å². The number of halogens is 1. The molecule has 1 aromatic heterocycles. The van der Waals surface area contributed by atoms with Gasteiger partial charge in [-0.2, -0.15) is 5.10 Å². The number of benzene rings is 3. The lowest BCUT2D eigenvalue weighted by Gasteiger charge is -2.12. The van der Waals surface area contributed by atoms with Gasteiger partial charge in [0.2, 0.25) is 0 Å². The van der Waals surface area contributed by atoms with E-state index in [9.17, 15) is 18.5 Å². The molecule has 174 valence electrons. The quantitative estimate of drug-likeness (QED) is 0.167. The summed E-state index contributed by atoms with van der Waals surface area (Å²) < 4.78 is 28.5. The van der Waals surface area contributed by atoms with E-state index in [0.29, 0.717) is 5.02 Å². The highest BCUT2D eigenvalue weighted by atomic mass is 35.5. The van der Waals surface area contributed by atoms with Crippen LogP contribution in [0, 0.1) is 10.1 Å². The molecule has 0 aliphatic heterocycles. The summed E-state index contributed by atoms with van der Waals surface area (Å²) in [6, 6.07) is 15.5. The van der Waals surface area contributed by atoms with Gasteiger partial charge in [-0.1, -0.05) is 36.7 Å². The Morgan fingerprint density at radius 1 is 1.15 bits per heavy atom. The lowest BCUT2D eigenvalue weighted by Crippen LogP contribution is -2.15. The van der Waals surface area contributed by atoms with Crippen LogP contribution in [-0.2, 0) is 16.4 Å². The van der Waals surface area contributed by atoms with Crippen LogP contribution in [0.5, 0.6) is 0 Å². The standard InChI is InChI=1S/C23H20ClN5O4S/c1-2-15-4-3-5-20-16(13-25-23(15)20)14-26-27-21-11-10-19(29(30)31)12-22(21)34(32,33)28-18-8-6-17(24)7-9-18/h3-14,25,27-28H,2H2,1H3. The SMILES string of the molecule is CCc1cccc2c(C=NNc3ccc([N+](=O)[O-])cc3S(=O)(=O)Nc3ccc(Cl)cc3)c[nH]c12. The van der Waals surface area contributed by atoms with Crippen LogP contribution >= 0.6 is 11.6 Å². The van der Waals surface area contributed by atoms with E-state index in [1.807, 2.05) is 24.4 Å². The van der Waals surface area contributed by atoms with Crippen molar-refractivity contribution in [1.29, 1.82) is 0 Å². The molecule has 0 fully saturated rings. The Balaban J connectivity index is 1.66. The van der Waals surface area contributed by atoms with Gasteiger partial charge in [0.15, 0.2) is 0 Å². The van der Waals surface area contributed by atoms with Gasteiger partial charge >= 0.3 is 0 Å². The van der Waals surface area contributed by atoms with Crippen molar-refractivity contribution in [1.82, 2.24) is 4.98 Å². The molecule has 9 nitrogen and oxygen atoms in total. The van der Waals surface area contributed by atoms with Crippen molar-refractivity contribution >= 4 is 55.8 Å². The number of nitro groups is 1. The van der Waals surface area contributed by atoms with Gasteiger partial charge in [-0.15, -0.1) is 0 Å². The largest absolute Gasteiger partial charge is 0.360 e. The average Bonchev–Trinajstić information content (AvgIpc) is 3.23. The molecule has 0 aliphatic carbocycles. The van der Waals surface area contributed by atoms with Gasteiger partial charge in [0.1, 0.15) is 4.90 Å². The van der Waals surface area contributed by atoms with Crippen molar-refractivity contribution in [2.24, 2.45) is 5.10 Å². The highest BCUT2D eigenvalue weighted by Crippen LogP contribution is 2.29. The Kier molecular flexibility index (Phi) is 6.53. The van der Waals surface area contributed by atoms with Crippen LogP contribution in [0.2, 0.25) is 5.02 Å². The van der Waals surface area contributed by atoms with Gasteiger partial charge in [-0.25, -0.2) is 8.42 Å². The number of anilines is 2. The number of para-hydroxylation sites is 1. The van der Waals surface area contributed by atoms with E-state index in [1.54, 1.807) is 6.21 Å². The zero-order valence-corrected chi connectivity index (χ0v) is 19.5. The predicted molar refractivity (Wildman–Crippen MR) is 134 cm³/mol. The van der Waals surface area contributed by atoms with E-state index in [4.69, 9.17) is 11.6 Å². The molecular weight excluding hydrogens is 478 g/mol. The summed E-state index contributed by atoms with van der Waals surface area (Å²) in [6.07, 6.45) is 4.24. The Bertz CT molecular complexity index is 1500. The number of hydrogen-bond donors (Lipinski definition) is 3. The van der Waals surface area contributed by atoms with Gasteiger partial charge in [0.05, 0.1) is 16.8 Å². The summed E-state index contributed by atoms with van der Waals surface area (Å²) in [7, 11) is -4.18. The molecule has 3 aromatic carbocycles. The van der Waals surface area contributed by atoms with Crippen LogP contribution in [0.25, 0.3) is 10.9 Å². The van der Waals surface area contributed by atoms with E-state index in [2.05, 4.69) is 27.2 Å². The van der Waals surface area contributed by atoms with E-state index in [1.165, 1.54) is 42.0 Å². The number of aryl methyl sites for hydroxylation is 1. The molecule has 3 N–H and O–H groups in total. The molecule has 0 bridgehead atoms. The fraction of sp³-hybridized carbons (Fsp3) is 0.0870. The second kappa shape index (κ2) is 9.54. The third-order valence-corrected chi connectivity index (χ3v) is 6.84. The molecule has 0 spiro atoms. The van der Waals surface area contributed by atoms with Crippen LogP contribution < -0.4 is 10.1 Å². The maximum Gasteiger partial charge on any atom is 0.270 e. The number of sulfonamides is 1. The lowest BCUT2D eigenvalue weighted by atomic mass is 10.1. The second-order valence-corrected chi connectivity index (χ2v) is 9.44. The van der Waals surface area contributed by atoms with E-state index >= 15 is 0 Å². The molecule has 0 atom stereocenters. The van der Waals surface area contributed by atoms with Gasteiger partial charge in [-0.05, 0) is 42.3 Å². The number of rotatable bonds is 8. The minimum absolute atomic E-state index is 0.0809. The van der Waals surface area contributed by atoms with E-state index in [0.717, 1.165) is 29.0 Å². The number of hydrogen-bond acceptors (Lipinski definition) is 6. The summed E-state index contributed by atoms with van der Waals surface area (Å²) in [4.78, 5) is 13.5. The third kappa shape index (κ3) is 4.87. The van der Waals surface area contributed by atoms with Crippen molar-refractivity contribution in [3.05, 3.63) is 93.1 Å². The molecule has 4 aromatic rings. The number of hydrazone groups is 1. The first-order valence-corrected chi connectivity index (χ1v) is 12.1. The number of aromatic nitrogens is 1. The van der Waals surface area contributed by atoms with Crippen LogP contribution in [0.4, 0.5) is 17.1 Å². The van der Waals surface area contributed by atoms with E-state index < -0.39 is 14.9 Å². The summed E-state index contributed by atoms with van der Waals surface area (Å²) in [5.41, 5.74) is 5.67. The Morgan fingerprint density at radius 2 is 1.91 bits per heavy atom. The molecular formula is C23H20ClN5O4S. The van der Waals surface area contributed by atoms with Crippen LogP contribution in [0.3, 0.4) is 0 Å². The normalized spacial score (nSPS) is 11.7. The molecule has 0 radical (unpaired) electrons. The first kappa shape index (κ1) is 23.3. The second-order valence-electron chi connectivity index (χ2n) is 7.36. The minimum atomic E-state index is -4.18. The van der Waals surface area contributed by atoms with Crippen molar-refractivity contribution in [2.75, 3.05) is 10.1 Å². The Hall–Kier alpha value is -3.89. The third-order valence-electron chi connectivity index (χ3n) is 5.17. The summed E-state index contributed by atoms with van der Waals surface area (Å²) in [5, 5.41) is 16.9. The average molecular weight is 498 g/mol. The molecule has 0 aliphatic rings. The molecule has 1 heterocycles. The maximum absolute atomic E-state index is 13.1. The highest BCUT2D eigenvalue weighted by molar-refractivity contribution is 7.92.